The molecule has 0 bridgehead atoms. The van der Waals surface area contributed by atoms with Crippen LogP contribution in [-0.4, -0.2) is 24.8 Å². The molecule has 0 aromatic rings. The highest BCUT2D eigenvalue weighted by atomic mass is 79.9. The number of hydrogen-bond acceptors (Lipinski definition) is 1. The second kappa shape index (κ2) is 17.1. The van der Waals surface area contributed by atoms with Crippen LogP contribution in [0.4, 0.5) is 0 Å². The van der Waals surface area contributed by atoms with Crippen LogP contribution in [0.2, 0.25) is 0 Å². The van der Waals surface area contributed by atoms with Gasteiger partial charge in [0, 0.05) is 10.7 Å². The molecule has 0 aliphatic rings. The Morgan fingerprint density at radius 2 is 1.09 bits per heavy atom. The van der Waals surface area contributed by atoms with Gasteiger partial charge in [-0.2, -0.15) is 0 Å². The van der Waals surface area contributed by atoms with E-state index in [1.165, 1.54) is 25.7 Å². The maximum absolute atomic E-state index is 3.39. The van der Waals surface area contributed by atoms with Crippen molar-refractivity contribution in [3.05, 3.63) is 0 Å². The van der Waals surface area contributed by atoms with E-state index in [1.54, 1.807) is 0 Å². The summed E-state index contributed by atoms with van der Waals surface area (Å²) in [5.41, 5.74) is 0. The summed E-state index contributed by atoms with van der Waals surface area (Å²) in [5.74, 6) is 0. The van der Waals surface area contributed by atoms with Gasteiger partial charge in [-0.1, -0.05) is 44.7 Å². The fraction of sp³-hybridized carbons (Fsp3) is 1.00. The van der Waals surface area contributed by atoms with Crippen molar-refractivity contribution in [2.24, 2.45) is 0 Å². The fourth-order valence-corrected chi connectivity index (χ4v) is 1.34. The minimum atomic E-state index is 1.16. The second-order valence-corrected chi connectivity index (χ2v) is 3.88. The third kappa shape index (κ3) is 24.8. The first-order valence-corrected chi connectivity index (χ1v) is 6.28. The van der Waals surface area contributed by atoms with E-state index in [0.29, 0.717) is 0 Å². The summed E-state index contributed by atoms with van der Waals surface area (Å²) in [7, 11) is 3.75. The molecule has 0 atom stereocenters. The van der Waals surface area contributed by atoms with Crippen LogP contribution in [-0.2, 0) is 0 Å². The number of unbranched alkanes of at least 4 members (excludes halogenated alkanes) is 3. The van der Waals surface area contributed by atoms with E-state index in [0.717, 1.165) is 10.7 Å². The van der Waals surface area contributed by atoms with Crippen molar-refractivity contribution >= 4 is 31.9 Å². The zero-order valence-corrected chi connectivity index (χ0v) is 10.7. The van der Waals surface area contributed by atoms with Gasteiger partial charge in [0.1, 0.15) is 0 Å². The van der Waals surface area contributed by atoms with Crippen molar-refractivity contribution < 1.29 is 0 Å². The van der Waals surface area contributed by atoms with Gasteiger partial charge in [0.15, 0.2) is 0 Å². The minimum absolute atomic E-state index is 1.16. The lowest BCUT2D eigenvalue weighted by atomic mass is 10.2. The average molecular weight is 289 g/mol. The normalized spacial score (nSPS) is 8.73. The molecule has 0 aliphatic carbocycles. The molecule has 1 N–H and O–H groups in total. The van der Waals surface area contributed by atoms with Gasteiger partial charge in [-0.3, -0.25) is 0 Å². The molecular weight excluding hydrogens is 270 g/mol. The van der Waals surface area contributed by atoms with Crippen molar-refractivity contribution in [3.63, 3.8) is 0 Å². The number of halogens is 2. The third-order valence-electron chi connectivity index (χ3n) is 1.02. The first kappa shape index (κ1) is 14.4. The van der Waals surface area contributed by atoms with Gasteiger partial charge in [-0.05, 0) is 26.9 Å². The van der Waals surface area contributed by atoms with Crippen molar-refractivity contribution in [3.8, 4) is 0 Å². The van der Waals surface area contributed by atoms with Gasteiger partial charge in [0.05, 0.1) is 0 Å². The molecular formula is C8H19Br2N. The lowest BCUT2D eigenvalue weighted by Crippen LogP contribution is -1.89. The van der Waals surface area contributed by atoms with Crippen molar-refractivity contribution in [2.45, 2.75) is 25.7 Å². The van der Waals surface area contributed by atoms with Crippen LogP contribution in [0, 0.1) is 0 Å². The highest BCUT2D eigenvalue weighted by Gasteiger charge is 1.84. The number of alkyl halides is 2. The van der Waals surface area contributed by atoms with Gasteiger partial charge >= 0.3 is 0 Å². The number of nitrogens with one attached hydrogen (secondary N) is 1. The number of hydrogen-bond donors (Lipinski definition) is 1. The molecule has 0 aliphatic heterocycles. The van der Waals surface area contributed by atoms with E-state index in [1.807, 2.05) is 14.1 Å². The SMILES string of the molecule is BrCCCCCCBr.CNC. The Bertz CT molecular complexity index is 45.4. The van der Waals surface area contributed by atoms with Gasteiger partial charge in [-0.15, -0.1) is 0 Å². The summed E-state index contributed by atoms with van der Waals surface area (Å²) in [4.78, 5) is 0. The highest BCUT2D eigenvalue weighted by molar-refractivity contribution is 9.09. The third-order valence-corrected chi connectivity index (χ3v) is 2.14. The predicted molar refractivity (Wildman–Crippen MR) is 61.0 cm³/mol. The molecule has 0 amide bonds. The molecule has 0 unspecified atom stereocenters. The molecule has 0 saturated carbocycles. The largest absolute Gasteiger partial charge is 0.323 e. The molecule has 1 nitrogen and oxygen atoms in total. The molecule has 0 rings (SSSR count). The topological polar surface area (TPSA) is 12.0 Å². The second-order valence-electron chi connectivity index (χ2n) is 2.29. The fourth-order valence-electron chi connectivity index (χ4n) is 0.543. The smallest absolute Gasteiger partial charge is 0.00313 e. The van der Waals surface area contributed by atoms with E-state index in [-0.39, 0.29) is 0 Å². The molecule has 3 heteroatoms. The lowest BCUT2D eigenvalue weighted by Gasteiger charge is -1.92. The van der Waals surface area contributed by atoms with Crippen LogP contribution in [0.5, 0.6) is 0 Å². The Hall–Kier alpha value is 0.920. The zero-order chi connectivity index (χ0) is 8.95. The average Bonchev–Trinajstić information content (AvgIpc) is 2.00. The van der Waals surface area contributed by atoms with Crippen LogP contribution < -0.4 is 5.32 Å². The zero-order valence-electron chi connectivity index (χ0n) is 7.50. The molecule has 0 radical (unpaired) electrons. The van der Waals surface area contributed by atoms with Crippen LogP contribution >= 0.6 is 31.9 Å². The number of rotatable bonds is 5. The predicted octanol–water partition coefficient (Wildman–Crippen LogP) is 3.17. The molecule has 0 fully saturated rings. The molecule has 0 aromatic carbocycles. The van der Waals surface area contributed by atoms with Gasteiger partial charge in [0.2, 0.25) is 0 Å². The Kier molecular flexibility index (Phi) is 22.5. The van der Waals surface area contributed by atoms with Crippen LogP contribution in [0.1, 0.15) is 25.7 Å². The van der Waals surface area contributed by atoms with E-state index in [4.69, 9.17) is 0 Å². The summed E-state index contributed by atoms with van der Waals surface area (Å²) >= 11 is 6.78. The monoisotopic (exact) mass is 287 g/mol. The van der Waals surface area contributed by atoms with E-state index < -0.39 is 0 Å². The van der Waals surface area contributed by atoms with Crippen LogP contribution in [0.25, 0.3) is 0 Å². The Labute approximate surface area is 87.6 Å². The maximum atomic E-state index is 3.39. The van der Waals surface area contributed by atoms with E-state index >= 15 is 0 Å². The van der Waals surface area contributed by atoms with E-state index in [9.17, 15) is 0 Å². The first-order valence-electron chi connectivity index (χ1n) is 4.03. The van der Waals surface area contributed by atoms with Crippen LogP contribution in [0.3, 0.4) is 0 Å². The highest BCUT2D eigenvalue weighted by Crippen LogP contribution is 2.02. The summed E-state index contributed by atoms with van der Waals surface area (Å²) in [5, 5.41) is 5.07. The minimum Gasteiger partial charge on any atom is -0.323 e. The van der Waals surface area contributed by atoms with Gasteiger partial charge < -0.3 is 5.32 Å². The summed E-state index contributed by atoms with van der Waals surface area (Å²) in [6.07, 6.45) is 5.40. The van der Waals surface area contributed by atoms with E-state index in [2.05, 4.69) is 37.2 Å². The maximum Gasteiger partial charge on any atom is 0.00313 e. The quantitative estimate of drug-likeness (QED) is 0.605. The molecule has 0 saturated heterocycles. The van der Waals surface area contributed by atoms with Gasteiger partial charge in [0.25, 0.3) is 0 Å². The van der Waals surface area contributed by atoms with Crippen LogP contribution in [0.15, 0.2) is 0 Å². The molecule has 11 heavy (non-hydrogen) atoms. The van der Waals surface area contributed by atoms with Crippen molar-refractivity contribution in [1.29, 1.82) is 0 Å². The summed E-state index contributed by atoms with van der Waals surface area (Å²) in [6.45, 7) is 0. The first-order chi connectivity index (χ1) is 5.33. The van der Waals surface area contributed by atoms with Crippen molar-refractivity contribution in [1.82, 2.24) is 5.32 Å². The lowest BCUT2D eigenvalue weighted by molar-refractivity contribution is 0.715. The molecule has 0 aromatic heterocycles. The molecule has 0 spiro atoms. The standard InChI is InChI=1S/C6H12Br2.C2H7N/c7-5-3-1-2-4-6-8;1-3-2/h1-6H2;3H,1-2H3. The Morgan fingerprint density at radius 1 is 0.818 bits per heavy atom. The summed E-state index contributed by atoms with van der Waals surface area (Å²) < 4.78 is 0. The Balaban J connectivity index is 0. The molecule has 0 heterocycles. The molecule has 70 valence electrons. The summed E-state index contributed by atoms with van der Waals surface area (Å²) in [6, 6.07) is 0. The Morgan fingerprint density at radius 3 is 1.27 bits per heavy atom. The van der Waals surface area contributed by atoms with Gasteiger partial charge in [-0.25, -0.2) is 0 Å². The van der Waals surface area contributed by atoms with Crippen molar-refractivity contribution in [2.75, 3.05) is 24.8 Å².